The fourth-order valence-corrected chi connectivity index (χ4v) is 3.96. The van der Waals surface area contributed by atoms with E-state index in [0.29, 0.717) is 12.6 Å². The number of nitrogens with two attached hydrogens (primary N) is 1. The first kappa shape index (κ1) is 17.0. The topological polar surface area (TPSA) is 50.9 Å². The lowest BCUT2D eigenvalue weighted by Gasteiger charge is -2.34. The van der Waals surface area contributed by atoms with Crippen LogP contribution in [0.4, 0.5) is 11.4 Å². The van der Waals surface area contributed by atoms with Gasteiger partial charge < -0.3 is 15.4 Å². The molecule has 2 aliphatic rings. The second kappa shape index (κ2) is 7.81. The summed E-state index contributed by atoms with van der Waals surface area (Å²) in [5.74, 6) is 0. The Morgan fingerprint density at radius 2 is 1.77 bits per heavy atom. The number of amidine groups is 1. The minimum atomic E-state index is 0.492. The van der Waals surface area contributed by atoms with Crippen LogP contribution in [0, 0.1) is 0 Å². The van der Waals surface area contributed by atoms with Crippen molar-refractivity contribution in [2.45, 2.75) is 57.7 Å². The van der Waals surface area contributed by atoms with Crippen molar-refractivity contribution in [3.8, 4) is 0 Å². The molecule has 4 rings (SSSR count). The van der Waals surface area contributed by atoms with Gasteiger partial charge in [0.05, 0.1) is 5.69 Å². The Kier molecular flexibility index (Phi) is 5.09. The molecule has 1 aliphatic heterocycles. The summed E-state index contributed by atoms with van der Waals surface area (Å²) in [6.07, 6.45) is 7.68. The van der Waals surface area contributed by atoms with Gasteiger partial charge in [-0.3, -0.25) is 0 Å². The van der Waals surface area contributed by atoms with E-state index in [1.807, 2.05) is 18.2 Å². The Morgan fingerprint density at radius 3 is 2.54 bits per heavy atom. The summed E-state index contributed by atoms with van der Waals surface area (Å²) in [6, 6.07) is 17.8. The fraction of sp³-hybridized carbons (Fsp3) is 0.409. The molecule has 1 saturated carbocycles. The van der Waals surface area contributed by atoms with Crippen LogP contribution in [0.2, 0.25) is 0 Å². The molecular formula is C22H27N3O. The smallest absolute Gasteiger partial charge is 0.293 e. The Morgan fingerprint density at radius 1 is 1.00 bits per heavy atom. The van der Waals surface area contributed by atoms with Crippen LogP contribution in [0.5, 0.6) is 0 Å². The maximum Gasteiger partial charge on any atom is 0.293 e. The molecular weight excluding hydrogens is 322 g/mol. The van der Waals surface area contributed by atoms with Gasteiger partial charge in [0.15, 0.2) is 0 Å². The van der Waals surface area contributed by atoms with Crippen LogP contribution in [-0.4, -0.2) is 17.0 Å². The zero-order valence-corrected chi connectivity index (χ0v) is 15.2. The monoisotopic (exact) mass is 349 g/mol. The molecule has 0 amide bonds. The SMILES string of the molecule is Nc1ccc2c(c1)COC(N(Cc1ccccc1)C1CCCCCC1)=N2. The normalized spacial score (nSPS) is 17.6. The number of nitrogen functional groups attached to an aromatic ring is 1. The molecule has 0 bridgehead atoms. The molecule has 2 aromatic carbocycles. The van der Waals surface area contributed by atoms with Crippen LogP contribution in [0.1, 0.15) is 49.7 Å². The van der Waals surface area contributed by atoms with Crippen molar-refractivity contribution >= 4 is 17.4 Å². The first-order chi connectivity index (χ1) is 12.8. The molecule has 1 fully saturated rings. The highest BCUT2D eigenvalue weighted by atomic mass is 16.5. The maximum absolute atomic E-state index is 6.11. The van der Waals surface area contributed by atoms with Crippen LogP contribution < -0.4 is 5.73 Å². The summed E-state index contributed by atoms with van der Waals surface area (Å²) in [5, 5.41) is 0. The molecule has 0 aromatic heterocycles. The van der Waals surface area contributed by atoms with E-state index >= 15 is 0 Å². The minimum Gasteiger partial charge on any atom is -0.460 e. The van der Waals surface area contributed by atoms with Crippen molar-refractivity contribution in [2.24, 2.45) is 4.99 Å². The van der Waals surface area contributed by atoms with Gasteiger partial charge in [-0.25, -0.2) is 0 Å². The number of fused-ring (bicyclic) bond motifs is 1. The largest absolute Gasteiger partial charge is 0.460 e. The zero-order chi connectivity index (χ0) is 17.8. The maximum atomic E-state index is 6.11. The van der Waals surface area contributed by atoms with Crippen LogP contribution in [-0.2, 0) is 17.9 Å². The summed E-state index contributed by atoms with van der Waals surface area (Å²) in [6.45, 7) is 1.38. The molecule has 26 heavy (non-hydrogen) atoms. The molecule has 1 heterocycles. The molecule has 0 saturated heterocycles. The summed E-state index contributed by atoms with van der Waals surface area (Å²) < 4.78 is 6.11. The molecule has 0 unspecified atom stereocenters. The van der Waals surface area contributed by atoms with Crippen LogP contribution >= 0.6 is 0 Å². The van der Waals surface area contributed by atoms with Crippen molar-refractivity contribution < 1.29 is 4.74 Å². The van der Waals surface area contributed by atoms with Gasteiger partial charge in [-0.15, -0.1) is 0 Å². The predicted molar refractivity (Wildman–Crippen MR) is 106 cm³/mol. The van der Waals surface area contributed by atoms with Gasteiger partial charge in [0.25, 0.3) is 6.02 Å². The molecule has 4 heteroatoms. The highest BCUT2D eigenvalue weighted by Crippen LogP contribution is 2.30. The lowest BCUT2D eigenvalue weighted by atomic mass is 10.1. The van der Waals surface area contributed by atoms with E-state index in [1.54, 1.807) is 0 Å². The fourth-order valence-electron chi connectivity index (χ4n) is 3.96. The molecule has 4 nitrogen and oxygen atoms in total. The van der Waals surface area contributed by atoms with E-state index in [1.165, 1.54) is 44.1 Å². The van der Waals surface area contributed by atoms with Gasteiger partial charge in [-0.1, -0.05) is 56.0 Å². The Labute approximate surface area is 155 Å². The third kappa shape index (κ3) is 3.85. The number of benzene rings is 2. The van der Waals surface area contributed by atoms with Crippen molar-refractivity contribution in [2.75, 3.05) is 5.73 Å². The van der Waals surface area contributed by atoms with Crippen molar-refractivity contribution in [1.29, 1.82) is 0 Å². The summed E-state index contributed by atoms with van der Waals surface area (Å²) >= 11 is 0. The van der Waals surface area contributed by atoms with Gasteiger partial charge in [-0.2, -0.15) is 4.99 Å². The van der Waals surface area contributed by atoms with E-state index < -0.39 is 0 Å². The number of rotatable bonds is 3. The molecule has 0 radical (unpaired) electrons. The third-order valence-electron chi connectivity index (χ3n) is 5.38. The van der Waals surface area contributed by atoms with Crippen molar-refractivity contribution in [1.82, 2.24) is 4.90 Å². The molecule has 1 aliphatic carbocycles. The summed E-state index contributed by atoms with van der Waals surface area (Å²) in [4.78, 5) is 7.24. The van der Waals surface area contributed by atoms with Gasteiger partial charge in [-0.05, 0) is 36.6 Å². The summed E-state index contributed by atoms with van der Waals surface area (Å²) in [7, 11) is 0. The van der Waals surface area contributed by atoms with Gasteiger partial charge in [0.1, 0.15) is 6.61 Å². The van der Waals surface area contributed by atoms with Crippen LogP contribution in [0.25, 0.3) is 0 Å². The highest BCUT2D eigenvalue weighted by molar-refractivity contribution is 5.80. The third-order valence-corrected chi connectivity index (χ3v) is 5.38. The molecule has 0 spiro atoms. The Hall–Kier alpha value is -2.49. The first-order valence-corrected chi connectivity index (χ1v) is 9.70. The number of anilines is 1. The van der Waals surface area contributed by atoms with E-state index in [2.05, 4.69) is 35.2 Å². The summed E-state index contributed by atoms with van der Waals surface area (Å²) in [5.41, 5.74) is 10.00. The second-order valence-corrected chi connectivity index (χ2v) is 7.33. The van der Waals surface area contributed by atoms with E-state index in [9.17, 15) is 0 Å². The average Bonchev–Trinajstić information content (AvgIpc) is 2.96. The van der Waals surface area contributed by atoms with Crippen molar-refractivity contribution in [3.05, 3.63) is 59.7 Å². The van der Waals surface area contributed by atoms with Gasteiger partial charge >= 0.3 is 0 Å². The van der Waals surface area contributed by atoms with Crippen molar-refractivity contribution in [3.63, 3.8) is 0 Å². The standard InChI is InChI=1S/C22H27N3O/c23-19-12-13-21-18(14-19)16-26-22(24-21)25(15-17-8-4-3-5-9-17)20-10-6-1-2-7-11-20/h3-5,8-9,12-14,20H,1-2,6-7,10-11,15-16,23H2. The molecule has 2 N–H and O–H groups in total. The van der Waals surface area contributed by atoms with Crippen LogP contribution in [0.3, 0.4) is 0 Å². The molecule has 0 atom stereocenters. The van der Waals surface area contributed by atoms with Gasteiger partial charge in [0, 0.05) is 23.8 Å². The lowest BCUT2D eigenvalue weighted by Crippen LogP contribution is -2.41. The number of hydrogen-bond donors (Lipinski definition) is 1. The predicted octanol–water partition coefficient (Wildman–Crippen LogP) is 5.01. The van der Waals surface area contributed by atoms with E-state index in [4.69, 9.17) is 15.5 Å². The van der Waals surface area contributed by atoms with E-state index in [0.717, 1.165) is 29.5 Å². The van der Waals surface area contributed by atoms with E-state index in [-0.39, 0.29) is 0 Å². The van der Waals surface area contributed by atoms with Gasteiger partial charge in [0.2, 0.25) is 0 Å². The zero-order valence-electron chi connectivity index (χ0n) is 15.2. The number of hydrogen-bond acceptors (Lipinski definition) is 4. The second-order valence-electron chi connectivity index (χ2n) is 7.33. The minimum absolute atomic E-state index is 0.492. The lowest BCUT2D eigenvalue weighted by molar-refractivity contribution is 0.171. The number of nitrogens with zero attached hydrogens (tertiary/aromatic N) is 2. The Bertz CT molecular complexity index is 764. The first-order valence-electron chi connectivity index (χ1n) is 9.70. The molecule has 2 aromatic rings. The Balaban J connectivity index is 1.64. The number of ether oxygens (including phenoxy) is 1. The quantitative estimate of drug-likeness (QED) is 0.626. The number of aliphatic imine (C=N–C) groups is 1. The van der Waals surface area contributed by atoms with Crippen LogP contribution in [0.15, 0.2) is 53.5 Å². The highest BCUT2D eigenvalue weighted by Gasteiger charge is 2.27. The average molecular weight is 349 g/mol. The molecule has 136 valence electrons.